The normalized spacial score (nSPS) is 13.3. The van der Waals surface area contributed by atoms with Crippen molar-refractivity contribution < 1.29 is 9.59 Å². The number of fused-ring (bicyclic) bond motifs is 1. The Kier molecular flexibility index (Phi) is 5.66. The van der Waals surface area contributed by atoms with Gasteiger partial charge in [-0.2, -0.15) is 0 Å². The van der Waals surface area contributed by atoms with Crippen LogP contribution in [0.15, 0.2) is 47.4 Å². The van der Waals surface area contributed by atoms with E-state index < -0.39 is 0 Å². The smallest absolute Gasteiger partial charge is 0.227 e. The molecule has 0 saturated heterocycles. The first-order valence-corrected chi connectivity index (χ1v) is 9.49. The zero-order valence-corrected chi connectivity index (χ0v) is 15.5. The van der Waals surface area contributed by atoms with E-state index >= 15 is 0 Å². The van der Waals surface area contributed by atoms with Gasteiger partial charge in [0.15, 0.2) is 0 Å². The molecule has 6 heteroatoms. The predicted molar refractivity (Wildman–Crippen MR) is 104 cm³/mol. The molecule has 0 saturated carbocycles. The number of halogens is 1. The summed E-state index contributed by atoms with van der Waals surface area (Å²) >= 11 is 7.72. The molecule has 3 rings (SSSR count). The second-order valence-electron chi connectivity index (χ2n) is 5.87. The molecule has 2 aromatic rings. The van der Waals surface area contributed by atoms with Gasteiger partial charge < -0.3 is 10.2 Å². The van der Waals surface area contributed by atoms with Crippen LogP contribution in [0.3, 0.4) is 0 Å². The predicted octanol–water partition coefficient (Wildman–Crippen LogP) is 4.51. The summed E-state index contributed by atoms with van der Waals surface area (Å²) < 4.78 is 0. The van der Waals surface area contributed by atoms with Crippen molar-refractivity contribution >= 4 is 46.6 Å². The Morgan fingerprint density at radius 2 is 2.00 bits per heavy atom. The molecule has 0 aromatic heterocycles. The molecule has 2 aromatic carbocycles. The Morgan fingerprint density at radius 1 is 1.20 bits per heavy atom. The van der Waals surface area contributed by atoms with Gasteiger partial charge in [-0.3, -0.25) is 9.59 Å². The third-order valence-corrected chi connectivity index (χ3v) is 5.35. The second kappa shape index (κ2) is 7.93. The number of carbonyl (C=O) groups excluding carboxylic acids is 2. The van der Waals surface area contributed by atoms with Crippen LogP contribution in [0.4, 0.5) is 11.4 Å². The number of amides is 2. The van der Waals surface area contributed by atoms with Crippen LogP contribution in [0, 0.1) is 6.92 Å². The lowest BCUT2D eigenvalue weighted by Gasteiger charge is -2.29. The summed E-state index contributed by atoms with van der Waals surface area (Å²) in [4.78, 5) is 27.6. The van der Waals surface area contributed by atoms with E-state index in [1.807, 2.05) is 37.3 Å². The van der Waals surface area contributed by atoms with E-state index in [4.69, 9.17) is 11.6 Å². The quantitative estimate of drug-likeness (QED) is 0.856. The van der Waals surface area contributed by atoms with E-state index in [0.29, 0.717) is 17.3 Å². The second-order valence-corrected chi connectivity index (χ2v) is 7.44. The lowest BCUT2D eigenvalue weighted by Crippen LogP contribution is -2.35. The van der Waals surface area contributed by atoms with E-state index in [2.05, 4.69) is 5.32 Å². The number of hydrogen-bond donors (Lipinski definition) is 1. The number of thioether (sulfide) groups is 1. The Balaban J connectivity index is 1.59. The van der Waals surface area contributed by atoms with Crippen LogP contribution in [0.5, 0.6) is 0 Å². The third-order valence-electron chi connectivity index (χ3n) is 4.07. The Bertz CT molecular complexity index is 810. The highest BCUT2D eigenvalue weighted by molar-refractivity contribution is 7.99. The van der Waals surface area contributed by atoms with E-state index in [9.17, 15) is 9.59 Å². The highest BCUT2D eigenvalue weighted by atomic mass is 35.5. The molecule has 2 amide bonds. The maximum Gasteiger partial charge on any atom is 0.227 e. The molecule has 0 unspecified atom stereocenters. The number of carbonyl (C=O) groups is 2. The molecule has 0 atom stereocenters. The average Bonchev–Trinajstić information content (AvgIpc) is 2.62. The number of hydrogen-bond acceptors (Lipinski definition) is 3. The summed E-state index contributed by atoms with van der Waals surface area (Å²) in [5, 5.41) is 3.40. The fraction of sp³-hybridized carbons (Fsp3) is 0.263. The number of benzene rings is 2. The summed E-state index contributed by atoms with van der Waals surface area (Å²) in [5.41, 5.74) is 2.56. The topological polar surface area (TPSA) is 49.4 Å². The van der Waals surface area contributed by atoms with Gasteiger partial charge in [-0.05, 0) is 36.8 Å². The van der Waals surface area contributed by atoms with Gasteiger partial charge in [0.25, 0.3) is 0 Å². The molecule has 1 heterocycles. The fourth-order valence-electron chi connectivity index (χ4n) is 2.73. The van der Waals surface area contributed by atoms with Crippen LogP contribution in [0.2, 0.25) is 5.02 Å². The highest BCUT2D eigenvalue weighted by Gasteiger charge is 2.22. The van der Waals surface area contributed by atoms with E-state index in [1.54, 1.807) is 28.8 Å². The SMILES string of the molecule is Cc1ccc(Cl)cc1NC(=O)CCC(=O)N1CCSc2ccccc21. The van der Waals surface area contributed by atoms with Gasteiger partial charge in [0.1, 0.15) is 0 Å². The summed E-state index contributed by atoms with van der Waals surface area (Å²) in [6, 6.07) is 13.2. The molecule has 130 valence electrons. The van der Waals surface area contributed by atoms with Crippen molar-refractivity contribution in [1.29, 1.82) is 0 Å². The van der Waals surface area contributed by atoms with E-state index in [1.165, 1.54) is 0 Å². The number of nitrogens with one attached hydrogen (secondary N) is 1. The minimum absolute atomic E-state index is 0.0225. The Morgan fingerprint density at radius 3 is 2.84 bits per heavy atom. The van der Waals surface area contributed by atoms with Crippen molar-refractivity contribution in [2.75, 3.05) is 22.5 Å². The zero-order chi connectivity index (χ0) is 17.8. The third kappa shape index (κ3) is 4.35. The van der Waals surface area contributed by atoms with E-state index in [0.717, 1.165) is 21.9 Å². The molecule has 0 fully saturated rings. The molecule has 4 nitrogen and oxygen atoms in total. The number of nitrogens with zero attached hydrogens (tertiary/aromatic N) is 1. The van der Waals surface area contributed by atoms with Crippen LogP contribution in [-0.4, -0.2) is 24.1 Å². The first-order chi connectivity index (χ1) is 12.0. The zero-order valence-electron chi connectivity index (χ0n) is 13.9. The lowest BCUT2D eigenvalue weighted by molar-refractivity contribution is -0.122. The van der Waals surface area contributed by atoms with Gasteiger partial charge in [0, 0.05) is 40.7 Å². The molecular formula is C19H19ClN2O2S. The lowest BCUT2D eigenvalue weighted by atomic mass is 10.2. The minimum Gasteiger partial charge on any atom is -0.326 e. The van der Waals surface area contributed by atoms with Crippen LogP contribution >= 0.6 is 23.4 Å². The maximum absolute atomic E-state index is 12.6. The van der Waals surface area contributed by atoms with Gasteiger partial charge in [-0.15, -0.1) is 11.8 Å². The maximum atomic E-state index is 12.6. The number of anilines is 2. The van der Waals surface area contributed by atoms with Crippen molar-refractivity contribution in [2.45, 2.75) is 24.7 Å². The van der Waals surface area contributed by atoms with Crippen molar-refractivity contribution in [2.24, 2.45) is 0 Å². The molecule has 0 radical (unpaired) electrons. The molecule has 25 heavy (non-hydrogen) atoms. The Hall–Kier alpha value is -1.98. The first-order valence-electron chi connectivity index (χ1n) is 8.13. The molecular weight excluding hydrogens is 356 g/mol. The summed E-state index contributed by atoms with van der Waals surface area (Å²) in [7, 11) is 0. The molecule has 0 spiro atoms. The standard InChI is InChI=1S/C19H19ClN2O2S/c1-13-6-7-14(20)12-15(13)21-18(23)8-9-19(24)22-10-11-25-17-5-3-2-4-16(17)22/h2-7,12H,8-11H2,1H3,(H,21,23). The molecule has 0 bridgehead atoms. The van der Waals surface area contributed by atoms with Crippen molar-refractivity contribution in [3.8, 4) is 0 Å². The number of rotatable bonds is 4. The van der Waals surface area contributed by atoms with Gasteiger partial charge in [-0.1, -0.05) is 29.8 Å². The monoisotopic (exact) mass is 374 g/mol. The van der Waals surface area contributed by atoms with Crippen molar-refractivity contribution in [3.63, 3.8) is 0 Å². The number of para-hydroxylation sites is 1. The molecule has 1 N–H and O–H groups in total. The van der Waals surface area contributed by atoms with Crippen LogP contribution in [-0.2, 0) is 9.59 Å². The largest absolute Gasteiger partial charge is 0.326 e. The highest BCUT2D eigenvalue weighted by Crippen LogP contribution is 2.34. The first kappa shape index (κ1) is 17.8. The Labute approximate surface area is 156 Å². The van der Waals surface area contributed by atoms with Gasteiger partial charge in [-0.25, -0.2) is 0 Å². The van der Waals surface area contributed by atoms with Gasteiger partial charge in [0.05, 0.1) is 5.69 Å². The summed E-state index contributed by atoms with van der Waals surface area (Å²) in [6.07, 6.45) is 0.334. The van der Waals surface area contributed by atoms with Crippen molar-refractivity contribution in [3.05, 3.63) is 53.1 Å². The van der Waals surface area contributed by atoms with Gasteiger partial charge >= 0.3 is 0 Å². The van der Waals surface area contributed by atoms with Crippen LogP contribution < -0.4 is 10.2 Å². The van der Waals surface area contributed by atoms with Gasteiger partial charge in [0.2, 0.25) is 11.8 Å². The summed E-state index contributed by atoms with van der Waals surface area (Å²) in [5.74, 6) is 0.667. The van der Waals surface area contributed by atoms with Crippen LogP contribution in [0.25, 0.3) is 0 Å². The average molecular weight is 375 g/mol. The van der Waals surface area contributed by atoms with E-state index in [-0.39, 0.29) is 24.7 Å². The fourth-order valence-corrected chi connectivity index (χ4v) is 3.89. The van der Waals surface area contributed by atoms with Crippen molar-refractivity contribution in [1.82, 2.24) is 0 Å². The number of aryl methyl sites for hydroxylation is 1. The molecule has 1 aliphatic heterocycles. The summed E-state index contributed by atoms with van der Waals surface area (Å²) in [6.45, 7) is 2.58. The van der Waals surface area contributed by atoms with Crippen LogP contribution in [0.1, 0.15) is 18.4 Å². The molecule has 1 aliphatic rings. The minimum atomic E-state index is -0.182. The molecule has 0 aliphatic carbocycles.